The number of hydrogen-bond donors (Lipinski definition) is 2. The zero-order valence-corrected chi connectivity index (χ0v) is 13.1. The largest absolute Gasteiger partial charge is 0.347 e. The van der Waals surface area contributed by atoms with Gasteiger partial charge in [-0.25, -0.2) is 0 Å². The summed E-state index contributed by atoms with van der Waals surface area (Å²) in [7, 11) is 3.42. The Labute approximate surface area is 117 Å². The number of amides is 2. The minimum absolute atomic E-state index is 0.0438. The van der Waals surface area contributed by atoms with Crippen LogP contribution in [0.1, 0.15) is 34.1 Å². The zero-order chi connectivity index (χ0) is 15.0. The van der Waals surface area contributed by atoms with Crippen molar-refractivity contribution in [3.05, 3.63) is 0 Å². The number of carbonyl (C=O) groups excluding carboxylic acids is 2. The van der Waals surface area contributed by atoms with Crippen molar-refractivity contribution in [2.75, 3.05) is 27.2 Å². The van der Waals surface area contributed by atoms with E-state index in [1.54, 1.807) is 14.1 Å². The fourth-order valence-electron chi connectivity index (χ4n) is 1.77. The summed E-state index contributed by atoms with van der Waals surface area (Å²) in [6.07, 6.45) is 0.663. The average Bonchev–Trinajstić information content (AvgIpc) is 2.33. The van der Waals surface area contributed by atoms with Crippen LogP contribution in [0, 0.1) is 11.8 Å². The van der Waals surface area contributed by atoms with Crippen LogP contribution in [0.25, 0.3) is 0 Å². The van der Waals surface area contributed by atoms with E-state index in [0.29, 0.717) is 18.9 Å². The van der Waals surface area contributed by atoms with Gasteiger partial charge in [-0.2, -0.15) is 0 Å². The first kappa shape index (κ1) is 17.9. The molecule has 5 nitrogen and oxygen atoms in total. The first-order valence-corrected chi connectivity index (χ1v) is 7.01. The molecule has 2 atom stereocenters. The highest BCUT2D eigenvalue weighted by molar-refractivity contribution is 5.88. The maximum atomic E-state index is 12.0. The molecule has 2 N–H and O–H groups in total. The van der Waals surface area contributed by atoms with Gasteiger partial charge in [0.1, 0.15) is 6.04 Å². The molecule has 0 fully saturated rings. The summed E-state index contributed by atoms with van der Waals surface area (Å²) in [6, 6.07) is -0.424. The van der Waals surface area contributed by atoms with Crippen LogP contribution in [0.3, 0.4) is 0 Å². The molecule has 19 heavy (non-hydrogen) atoms. The predicted octanol–water partition coefficient (Wildman–Crippen LogP) is 0.851. The molecule has 0 saturated heterocycles. The van der Waals surface area contributed by atoms with E-state index in [-0.39, 0.29) is 17.7 Å². The van der Waals surface area contributed by atoms with Gasteiger partial charge in [0, 0.05) is 26.6 Å². The van der Waals surface area contributed by atoms with Crippen molar-refractivity contribution in [1.29, 1.82) is 0 Å². The number of rotatable bonds is 8. The van der Waals surface area contributed by atoms with E-state index in [4.69, 9.17) is 0 Å². The molecule has 0 heterocycles. The van der Waals surface area contributed by atoms with Crippen LogP contribution >= 0.6 is 0 Å². The highest BCUT2D eigenvalue weighted by Crippen LogP contribution is 2.08. The van der Waals surface area contributed by atoms with Gasteiger partial charge in [0.15, 0.2) is 0 Å². The molecular weight excluding hydrogens is 242 g/mol. The normalized spacial score (nSPS) is 14.1. The summed E-state index contributed by atoms with van der Waals surface area (Å²) in [6.45, 7) is 9.43. The predicted molar refractivity (Wildman–Crippen MR) is 77.8 cm³/mol. The molecule has 5 heteroatoms. The van der Waals surface area contributed by atoms with Crippen LogP contribution in [0.15, 0.2) is 0 Å². The average molecular weight is 271 g/mol. The smallest absolute Gasteiger partial charge is 0.244 e. The lowest BCUT2D eigenvalue weighted by Gasteiger charge is -2.24. The van der Waals surface area contributed by atoms with Gasteiger partial charge in [-0.05, 0) is 18.9 Å². The maximum absolute atomic E-state index is 12.0. The molecule has 0 aliphatic heterocycles. The second kappa shape index (κ2) is 8.91. The molecule has 0 aliphatic rings. The van der Waals surface area contributed by atoms with Gasteiger partial charge in [-0.15, -0.1) is 0 Å². The van der Waals surface area contributed by atoms with E-state index in [0.717, 1.165) is 6.54 Å². The van der Waals surface area contributed by atoms with Crippen LogP contribution in [0.4, 0.5) is 0 Å². The molecule has 0 aromatic carbocycles. The van der Waals surface area contributed by atoms with Gasteiger partial charge in [0.2, 0.25) is 11.8 Å². The molecule has 0 aromatic rings. The Morgan fingerprint density at radius 3 is 2.16 bits per heavy atom. The molecular formula is C14H29N3O2. The Morgan fingerprint density at radius 1 is 1.16 bits per heavy atom. The Bertz CT molecular complexity index is 290. The molecule has 2 amide bonds. The Kier molecular flexibility index (Phi) is 8.39. The van der Waals surface area contributed by atoms with Crippen molar-refractivity contribution in [1.82, 2.24) is 15.5 Å². The fourth-order valence-corrected chi connectivity index (χ4v) is 1.77. The molecule has 0 aromatic heterocycles. The zero-order valence-electron chi connectivity index (χ0n) is 13.1. The van der Waals surface area contributed by atoms with Crippen molar-refractivity contribution >= 4 is 11.8 Å². The third-order valence-electron chi connectivity index (χ3n) is 2.91. The standard InChI is InChI=1S/C14H29N3O2/c1-7-15-9-11(4)13(18)16-12(8-10(2)3)14(19)17(5)6/h10-12,15H,7-9H2,1-6H3,(H,16,18). The van der Waals surface area contributed by atoms with Crippen LogP contribution < -0.4 is 10.6 Å². The molecule has 0 aliphatic carbocycles. The quantitative estimate of drug-likeness (QED) is 0.688. The Morgan fingerprint density at radius 2 is 1.74 bits per heavy atom. The SMILES string of the molecule is CCNCC(C)C(=O)NC(CC(C)C)C(=O)N(C)C. The first-order valence-electron chi connectivity index (χ1n) is 7.01. The molecule has 0 radical (unpaired) electrons. The topological polar surface area (TPSA) is 61.4 Å². The van der Waals surface area contributed by atoms with Crippen molar-refractivity contribution in [3.8, 4) is 0 Å². The van der Waals surface area contributed by atoms with Gasteiger partial charge >= 0.3 is 0 Å². The van der Waals surface area contributed by atoms with Gasteiger partial charge in [-0.1, -0.05) is 27.7 Å². The highest BCUT2D eigenvalue weighted by atomic mass is 16.2. The molecule has 0 rings (SSSR count). The lowest BCUT2D eigenvalue weighted by atomic mass is 10.0. The van der Waals surface area contributed by atoms with Crippen molar-refractivity contribution in [2.45, 2.75) is 40.2 Å². The van der Waals surface area contributed by atoms with E-state index in [2.05, 4.69) is 10.6 Å². The highest BCUT2D eigenvalue weighted by Gasteiger charge is 2.25. The van der Waals surface area contributed by atoms with Gasteiger partial charge in [-0.3, -0.25) is 9.59 Å². The second-order valence-electron chi connectivity index (χ2n) is 5.63. The third kappa shape index (κ3) is 7.15. The van der Waals surface area contributed by atoms with E-state index in [1.807, 2.05) is 27.7 Å². The summed E-state index contributed by atoms with van der Waals surface area (Å²) in [5.74, 6) is 0.113. The van der Waals surface area contributed by atoms with E-state index in [9.17, 15) is 9.59 Å². The Hall–Kier alpha value is -1.10. The van der Waals surface area contributed by atoms with Crippen LogP contribution in [0.2, 0.25) is 0 Å². The summed E-state index contributed by atoms with van der Waals surface area (Å²) >= 11 is 0. The number of nitrogens with one attached hydrogen (secondary N) is 2. The number of nitrogens with zero attached hydrogens (tertiary/aromatic N) is 1. The van der Waals surface area contributed by atoms with E-state index in [1.165, 1.54) is 4.90 Å². The first-order chi connectivity index (χ1) is 8.79. The molecule has 112 valence electrons. The van der Waals surface area contributed by atoms with Crippen molar-refractivity contribution in [3.63, 3.8) is 0 Å². The van der Waals surface area contributed by atoms with Crippen molar-refractivity contribution in [2.24, 2.45) is 11.8 Å². The van der Waals surface area contributed by atoms with Gasteiger partial charge in [0.05, 0.1) is 0 Å². The minimum Gasteiger partial charge on any atom is -0.347 e. The van der Waals surface area contributed by atoms with E-state index >= 15 is 0 Å². The number of hydrogen-bond acceptors (Lipinski definition) is 3. The monoisotopic (exact) mass is 271 g/mol. The minimum atomic E-state index is -0.424. The van der Waals surface area contributed by atoms with Gasteiger partial charge < -0.3 is 15.5 Å². The Balaban J connectivity index is 4.54. The van der Waals surface area contributed by atoms with Gasteiger partial charge in [0.25, 0.3) is 0 Å². The van der Waals surface area contributed by atoms with E-state index < -0.39 is 6.04 Å². The maximum Gasteiger partial charge on any atom is 0.244 e. The summed E-state index contributed by atoms with van der Waals surface area (Å²) < 4.78 is 0. The van der Waals surface area contributed by atoms with Crippen LogP contribution in [0.5, 0.6) is 0 Å². The molecule has 0 saturated carbocycles. The molecule has 0 bridgehead atoms. The molecule has 2 unspecified atom stereocenters. The number of carbonyl (C=O) groups is 2. The molecule has 0 spiro atoms. The third-order valence-corrected chi connectivity index (χ3v) is 2.91. The fraction of sp³-hybridized carbons (Fsp3) is 0.857. The summed E-state index contributed by atoms with van der Waals surface area (Å²) in [5, 5.41) is 6.01. The number of likely N-dealkylation sites (N-methyl/N-ethyl adjacent to an activating group) is 1. The van der Waals surface area contributed by atoms with Crippen molar-refractivity contribution < 1.29 is 9.59 Å². The summed E-state index contributed by atoms with van der Waals surface area (Å²) in [4.78, 5) is 25.6. The van der Waals surface area contributed by atoms with Crippen LogP contribution in [-0.2, 0) is 9.59 Å². The van der Waals surface area contributed by atoms with Crippen LogP contribution in [-0.4, -0.2) is 49.9 Å². The lowest BCUT2D eigenvalue weighted by Crippen LogP contribution is -2.49. The summed E-state index contributed by atoms with van der Waals surface area (Å²) in [5.41, 5.74) is 0. The lowest BCUT2D eigenvalue weighted by molar-refractivity contribution is -0.135. The second-order valence-corrected chi connectivity index (χ2v) is 5.63.